The molecule has 10 heteroatoms. The van der Waals surface area contributed by atoms with Crippen molar-refractivity contribution in [3.05, 3.63) is 58.5 Å². The number of furan rings is 1. The summed E-state index contributed by atoms with van der Waals surface area (Å²) in [5.74, 6) is -1.03. The Bertz CT molecular complexity index is 1000. The van der Waals surface area contributed by atoms with Crippen molar-refractivity contribution in [1.29, 1.82) is 0 Å². The van der Waals surface area contributed by atoms with Gasteiger partial charge >= 0.3 is 6.01 Å². The van der Waals surface area contributed by atoms with Gasteiger partial charge in [-0.3, -0.25) is 14.9 Å². The second-order valence-corrected chi connectivity index (χ2v) is 6.67. The van der Waals surface area contributed by atoms with Crippen LogP contribution in [0.2, 0.25) is 0 Å². The van der Waals surface area contributed by atoms with Crippen LogP contribution in [0.4, 0.5) is 16.1 Å². The molecule has 0 unspecified atom stereocenters. The van der Waals surface area contributed by atoms with E-state index < -0.39 is 5.91 Å². The normalized spacial score (nSPS) is 16.7. The minimum atomic E-state index is -0.536. The highest BCUT2D eigenvalue weighted by Gasteiger charge is 2.35. The highest BCUT2D eigenvalue weighted by Crippen LogP contribution is 2.31. The minimum absolute atomic E-state index is 0.0835. The van der Waals surface area contributed by atoms with Crippen LogP contribution in [0.1, 0.15) is 28.8 Å². The van der Waals surface area contributed by atoms with Gasteiger partial charge in [-0.25, -0.2) is 4.39 Å². The number of carbonyl (C=O) groups is 2. The van der Waals surface area contributed by atoms with Gasteiger partial charge in [-0.2, -0.15) is 0 Å². The molecule has 0 radical (unpaired) electrons. The van der Waals surface area contributed by atoms with Crippen molar-refractivity contribution in [2.45, 2.75) is 12.3 Å². The predicted molar refractivity (Wildman–Crippen MR) is 94.8 cm³/mol. The van der Waals surface area contributed by atoms with E-state index in [9.17, 15) is 14.0 Å². The van der Waals surface area contributed by atoms with Crippen molar-refractivity contribution < 1.29 is 22.8 Å². The molecular weight excluding hydrogens is 423 g/mol. The molecule has 0 bridgehead atoms. The molecule has 1 aliphatic heterocycles. The van der Waals surface area contributed by atoms with E-state index in [0.29, 0.717) is 16.9 Å². The Labute approximate surface area is 160 Å². The third-order valence-electron chi connectivity index (χ3n) is 4.07. The zero-order valence-electron chi connectivity index (χ0n) is 13.7. The van der Waals surface area contributed by atoms with E-state index >= 15 is 0 Å². The topological polar surface area (TPSA) is 101 Å². The molecule has 2 amide bonds. The van der Waals surface area contributed by atoms with Crippen LogP contribution in [0.5, 0.6) is 0 Å². The maximum absolute atomic E-state index is 13.1. The van der Waals surface area contributed by atoms with Crippen molar-refractivity contribution in [2.75, 3.05) is 16.8 Å². The highest BCUT2D eigenvalue weighted by molar-refractivity contribution is 9.10. The van der Waals surface area contributed by atoms with Crippen molar-refractivity contribution in [2.24, 2.45) is 0 Å². The zero-order valence-corrected chi connectivity index (χ0v) is 15.3. The van der Waals surface area contributed by atoms with Crippen LogP contribution in [-0.2, 0) is 4.79 Å². The highest BCUT2D eigenvalue weighted by atomic mass is 79.9. The first-order valence-corrected chi connectivity index (χ1v) is 8.75. The van der Waals surface area contributed by atoms with Crippen molar-refractivity contribution in [1.82, 2.24) is 10.2 Å². The van der Waals surface area contributed by atoms with E-state index in [1.165, 1.54) is 35.2 Å². The maximum Gasteiger partial charge on any atom is 0.322 e. The summed E-state index contributed by atoms with van der Waals surface area (Å²) in [6.07, 6.45) is 0.179. The van der Waals surface area contributed by atoms with Crippen LogP contribution < -0.4 is 10.2 Å². The van der Waals surface area contributed by atoms with Gasteiger partial charge in [-0.15, -0.1) is 5.10 Å². The molecule has 0 spiro atoms. The van der Waals surface area contributed by atoms with Crippen LogP contribution in [-0.4, -0.2) is 28.6 Å². The molecule has 0 saturated carbocycles. The molecule has 3 aromatic rings. The van der Waals surface area contributed by atoms with Gasteiger partial charge < -0.3 is 13.7 Å². The van der Waals surface area contributed by atoms with E-state index in [2.05, 4.69) is 31.4 Å². The lowest BCUT2D eigenvalue weighted by Gasteiger charge is -2.15. The fourth-order valence-electron chi connectivity index (χ4n) is 2.79. The van der Waals surface area contributed by atoms with Gasteiger partial charge in [-0.05, 0) is 52.3 Å². The number of aromatic nitrogens is 2. The van der Waals surface area contributed by atoms with Gasteiger partial charge in [0.2, 0.25) is 11.8 Å². The van der Waals surface area contributed by atoms with E-state index in [1.807, 2.05) is 0 Å². The number of amides is 2. The summed E-state index contributed by atoms with van der Waals surface area (Å²) in [6.45, 7) is 0.325. The molecule has 1 aliphatic rings. The Hall–Kier alpha value is -3.01. The number of hydrogen-bond donors (Lipinski definition) is 1. The summed E-state index contributed by atoms with van der Waals surface area (Å²) in [4.78, 5) is 25.8. The number of hydrogen-bond acceptors (Lipinski definition) is 6. The van der Waals surface area contributed by atoms with E-state index in [4.69, 9.17) is 8.83 Å². The number of carbonyl (C=O) groups excluding carboxylic acids is 2. The largest absolute Gasteiger partial charge is 0.444 e. The van der Waals surface area contributed by atoms with Gasteiger partial charge in [0.25, 0.3) is 5.91 Å². The molecule has 8 nitrogen and oxygen atoms in total. The summed E-state index contributed by atoms with van der Waals surface area (Å²) in [5, 5.41) is 10.1. The molecular formula is C17H12BrFN4O4. The van der Waals surface area contributed by atoms with Crippen LogP contribution in [0.15, 0.2) is 49.9 Å². The minimum Gasteiger partial charge on any atom is -0.444 e. The quantitative estimate of drug-likeness (QED) is 0.675. The van der Waals surface area contributed by atoms with Gasteiger partial charge in [0.05, 0.1) is 5.92 Å². The van der Waals surface area contributed by atoms with Gasteiger partial charge in [-0.1, -0.05) is 5.10 Å². The molecule has 1 fully saturated rings. The number of anilines is 2. The van der Waals surface area contributed by atoms with Crippen molar-refractivity contribution in [3.63, 3.8) is 0 Å². The molecule has 4 rings (SSSR count). The predicted octanol–water partition coefficient (Wildman–Crippen LogP) is 3.34. The Balaban J connectivity index is 1.45. The number of nitrogens with one attached hydrogen (secondary N) is 1. The van der Waals surface area contributed by atoms with E-state index in [0.717, 1.165) is 0 Å². The first-order chi connectivity index (χ1) is 13.0. The van der Waals surface area contributed by atoms with Crippen molar-refractivity contribution >= 4 is 39.4 Å². The summed E-state index contributed by atoms with van der Waals surface area (Å²) in [7, 11) is 0. The molecule has 1 saturated heterocycles. The molecule has 1 N–H and O–H groups in total. The first-order valence-electron chi connectivity index (χ1n) is 7.95. The summed E-state index contributed by atoms with van der Waals surface area (Å²) in [6, 6.07) is 8.66. The standard InChI is InChI=1S/C17H12BrFN4O4/c18-13-6-5-12(26-13)15(25)20-17-22-21-16(27-17)9-7-14(24)23(8-9)11-3-1-10(19)2-4-11/h1-6,9H,7-8H2,(H,20,22,25)/t9-/m1/s1. The summed E-state index contributed by atoms with van der Waals surface area (Å²) < 4.78 is 24.1. The Kier molecular flexibility index (Phi) is 4.48. The monoisotopic (exact) mass is 434 g/mol. The van der Waals surface area contributed by atoms with Gasteiger partial charge in [0.15, 0.2) is 10.4 Å². The number of rotatable bonds is 4. The lowest BCUT2D eigenvalue weighted by molar-refractivity contribution is -0.117. The zero-order chi connectivity index (χ0) is 19.0. The van der Waals surface area contributed by atoms with Gasteiger partial charge in [0.1, 0.15) is 5.82 Å². The van der Waals surface area contributed by atoms with Gasteiger partial charge in [0, 0.05) is 18.7 Å². The SMILES string of the molecule is O=C(Nc1nnc([C@@H]2CC(=O)N(c3ccc(F)cc3)C2)o1)c1ccc(Br)o1. The van der Waals surface area contributed by atoms with Crippen LogP contribution in [0.25, 0.3) is 0 Å². The average molecular weight is 435 g/mol. The fourth-order valence-corrected chi connectivity index (χ4v) is 3.10. The molecule has 138 valence electrons. The maximum atomic E-state index is 13.1. The van der Waals surface area contributed by atoms with Crippen LogP contribution >= 0.6 is 15.9 Å². The molecule has 27 heavy (non-hydrogen) atoms. The summed E-state index contributed by atoms with van der Waals surface area (Å²) in [5.41, 5.74) is 0.598. The third-order valence-corrected chi connectivity index (χ3v) is 4.50. The van der Waals surface area contributed by atoms with E-state index in [1.54, 1.807) is 6.07 Å². The fraction of sp³-hybridized carbons (Fsp3) is 0.176. The number of nitrogens with zero attached hydrogens (tertiary/aromatic N) is 3. The van der Waals surface area contributed by atoms with Crippen LogP contribution in [0.3, 0.4) is 0 Å². The van der Waals surface area contributed by atoms with Crippen molar-refractivity contribution in [3.8, 4) is 0 Å². The van der Waals surface area contributed by atoms with E-state index in [-0.39, 0.29) is 41.7 Å². The third kappa shape index (κ3) is 3.61. The average Bonchev–Trinajstić information content (AvgIpc) is 3.36. The Morgan fingerprint density at radius 2 is 1.96 bits per heavy atom. The Morgan fingerprint density at radius 1 is 1.19 bits per heavy atom. The molecule has 3 heterocycles. The molecule has 0 aliphatic carbocycles. The molecule has 1 aromatic carbocycles. The molecule has 1 atom stereocenters. The first kappa shape index (κ1) is 17.4. The number of benzene rings is 1. The summed E-state index contributed by atoms with van der Waals surface area (Å²) >= 11 is 3.11. The second kappa shape index (κ2) is 6.95. The van der Waals surface area contributed by atoms with Crippen LogP contribution in [0, 0.1) is 5.82 Å². The number of halogens is 2. The lowest BCUT2D eigenvalue weighted by atomic mass is 10.1. The second-order valence-electron chi connectivity index (χ2n) is 5.89. The Morgan fingerprint density at radius 3 is 2.67 bits per heavy atom. The smallest absolute Gasteiger partial charge is 0.322 e. The molecule has 2 aromatic heterocycles. The lowest BCUT2D eigenvalue weighted by Crippen LogP contribution is -2.24.